The molecule has 2 aromatic carbocycles. The lowest BCUT2D eigenvalue weighted by molar-refractivity contribution is 0.0639. The molecule has 0 saturated carbocycles. The van der Waals surface area contributed by atoms with Crippen LogP contribution in [0.2, 0.25) is 0 Å². The van der Waals surface area contributed by atoms with Crippen molar-refractivity contribution >= 4 is 23.6 Å². The maximum Gasteiger partial charge on any atom is 0.264 e. The Morgan fingerprint density at radius 3 is 2.45 bits per heavy atom. The number of carbonyl (C=O) groups excluding carboxylic acids is 2. The number of benzene rings is 2. The van der Waals surface area contributed by atoms with Gasteiger partial charge in [0, 0.05) is 32.7 Å². The predicted molar refractivity (Wildman–Crippen MR) is 124 cm³/mol. The Morgan fingerprint density at radius 1 is 0.939 bits per heavy atom. The second-order valence-corrected chi connectivity index (χ2v) is 8.29. The fraction of sp³-hybridized carbons (Fsp3) is 0.280. The van der Waals surface area contributed by atoms with E-state index in [-0.39, 0.29) is 18.4 Å². The summed E-state index contributed by atoms with van der Waals surface area (Å²) in [5.41, 5.74) is 4.00. The van der Waals surface area contributed by atoms with Gasteiger partial charge in [-0.05, 0) is 24.6 Å². The summed E-state index contributed by atoms with van der Waals surface area (Å²) < 4.78 is 4.72. The van der Waals surface area contributed by atoms with Crippen LogP contribution in [0.1, 0.15) is 37.7 Å². The van der Waals surface area contributed by atoms with Gasteiger partial charge in [-0.25, -0.2) is 4.63 Å². The molecular formula is C25H25N5O3. The van der Waals surface area contributed by atoms with Crippen LogP contribution < -0.4 is 4.90 Å². The molecule has 0 radical (unpaired) electrons. The van der Waals surface area contributed by atoms with E-state index in [0.29, 0.717) is 22.5 Å². The number of hydrogen-bond acceptors (Lipinski definition) is 7. The van der Waals surface area contributed by atoms with Gasteiger partial charge in [0.1, 0.15) is 11.4 Å². The number of hydrogen-bond donors (Lipinski definition) is 0. The minimum absolute atomic E-state index is 0.0582. The van der Waals surface area contributed by atoms with E-state index < -0.39 is 0 Å². The highest BCUT2D eigenvalue weighted by atomic mass is 16.6. The van der Waals surface area contributed by atoms with E-state index in [9.17, 15) is 9.59 Å². The SMILES string of the molecule is Cc1nonc1CN1C(=O)c2cccc(N3CCN(CC=Cc4ccccc4)CC3)c2C1=O. The first-order valence-corrected chi connectivity index (χ1v) is 11.1. The molecule has 0 N–H and O–H groups in total. The average molecular weight is 444 g/mol. The van der Waals surface area contributed by atoms with Gasteiger partial charge in [-0.1, -0.05) is 58.9 Å². The summed E-state index contributed by atoms with van der Waals surface area (Å²) in [4.78, 5) is 32.0. The number of rotatable bonds is 6. The van der Waals surface area contributed by atoms with E-state index in [0.717, 1.165) is 38.4 Å². The minimum Gasteiger partial charge on any atom is -0.368 e. The Balaban J connectivity index is 1.26. The third-order valence-electron chi connectivity index (χ3n) is 6.22. The largest absolute Gasteiger partial charge is 0.368 e. The molecule has 0 bridgehead atoms. The van der Waals surface area contributed by atoms with Crippen molar-refractivity contribution in [2.24, 2.45) is 0 Å². The number of aryl methyl sites for hydroxylation is 1. The van der Waals surface area contributed by atoms with Crippen LogP contribution in [0.4, 0.5) is 5.69 Å². The van der Waals surface area contributed by atoms with Crippen molar-refractivity contribution < 1.29 is 14.2 Å². The van der Waals surface area contributed by atoms with Gasteiger partial charge in [0.15, 0.2) is 0 Å². The Labute approximate surface area is 192 Å². The number of fused-ring (bicyclic) bond motifs is 1. The van der Waals surface area contributed by atoms with Gasteiger partial charge >= 0.3 is 0 Å². The third kappa shape index (κ3) is 4.17. The van der Waals surface area contributed by atoms with Crippen LogP contribution in [-0.4, -0.2) is 64.7 Å². The van der Waals surface area contributed by atoms with Crippen molar-refractivity contribution in [2.45, 2.75) is 13.5 Å². The summed E-state index contributed by atoms with van der Waals surface area (Å²) in [6, 6.07) is 15.8. The molecule has 8 heteroatoms. The molecule has 2 aliphatic heterocycles. The summed E-state index contributed by atoms with van der Waals surface area (Å²) in [6.45, 7) is 6.04. The quantitative estimate of drug-likeness (QED) is 0.542. The maximum absolute atomic E-state index is 13.2. The van der Waals surface area contributed by atoms with Gasteiger partial charge in [0.05, 0.1) is 23.4 Å². The Morgan fingerprint density at radius 2 is 1.73 bits per heavy atom. The fourth-order valence-corrected chi connectivity index (χ4v) is 4.34. The second-order valence-electron chi connectivity index (χ2n) is 8.29. The zero-order valence-corrected chi connectivity index (χ0v) is 18.5. The highest BCUT2D eigenvalue weighted by molar-refractivity contribution is 6.23. The van der Waals surface area contributed by atoms with E-state index >= 15 is 0 Å². The Kier molecular flexibility index (Phi) is 5.75. The van der Waals surface area contributed by atoms with Crippen LogP contribution in [0.25, 0.3) is 6.08 Å². The highest BCUT2D eigenvalue weighted by Crippen LogP contribution is 2.33. The van der Waals surface area contributed by atoms with Crippen molar-refractivity contribution in [1.29, 1.82) is 0 Å². The molecule has 1 aromatic heterocycles. The first-order valence-electron chi connectivity index (χ1n) is 11.1. The maximum atomic E-state index is 13.2. The van der Waals surface area contributed by atoms with Gasteiger partial charge < -0.3 is 4.90 Å². The molecule has 2 aliphatic rings. The molecule has 3 aromatic rings. The molecule has 2 amide bonds. The first kappa shape index (κ1) is 21.1. The standard InChI is InChI=1S/C25H25N5O3/c1-18-21(27-33-26-18)17-30-24(31)20-10-5-11-22(23(20)25(30)32)29-15-13-28(14-16-29)12-6-9-19-7-3-2-4-8-19/h2-11H,12-17H2,1H3. The minimum atomic E-state index is -0.302. The lowest BCUT2D eigenvalue weighted by Gasteiger charge is -2.36. The molecule has 5 rings (SSSR count). The second kappa shape index (κ2) is 8.99. The molecule has 0 aliphatic carbocycles. The molecular weight excluding hydrogens is 418 g/mol. The van der Waals surface area contributed by atoms with Crippen LogP contribution in [0, 0.1) is 6.92 Å². The Hall–Kier alpha value is -3.78. The smallest absolute Gasteiger partial charge is 0.264 e. The van der Waals surface area contributed by atoms with Crippen LogP contribution in [0.15, 0.2) is 59.2 Å². The highest BCUT2D eigenvalue weighted by Gasteiger charge is 2.39. The van der Waals surface area contributed by atoms with Crippen molar-refractivity contribution in [2.75, 3.05) is 37.6 Å². The van der Waals surface area contributed by atoms with Gasteiger partial charge in [-0.15, -0.1) is 0 Å². The van der Waals surface area contributed by atoms with Gasteiger partial charge in [-0.3, -0.25) is 19.4 Å². The summed E-state index contributed by atoms with van der Waals surface area (Å²) in [5.74, 6) is -0.592. The average Bonchev–Trinajstić information content (AvgIpc) is 3.36. The van der Waals surface area contributed by atoms with E-state index in [2.05, 4.69) is 44.4 Å². The number of carbonyl (C=O) groups is 2. The van der Waals surface area contributed by atoms with Crippen molar-refractivity contribution in [3.05, 3.63) is 82.7 Å². The number of nitrogens with zero attached hydrogens (tertiary/aromatic N) is 5. The molecule has 1 saturated heterocycles. The number of amides is 2. The lowest BCUT2D eigenvalue weighted by atomic mass is 10.1. The number of aromatic nitrogens is 2. The van der Waals surface area contributed by atoms with Crippen molar-refractivity contribution in [1.82, 2.24) is 20.1 Å². The molecule has 3 heterocycles. The third-order valence-corrected chi connectivity index (χ3v) is 6.22. The summed E-state index contributed by atoms with van der Waals surface area (Å²) >= 11 is 0. The molecule has 8 nitrogen and oxygen atoms in total. The summed E-state index contributed by atoms with van der Waals surface area (Å²) in [6.07, 6.45) is 4.33. The van der Waals surface area contributed by atoms with Crippen LogP contribution in [0.5, 0.6) is 0 Å². The topological polar surface area (TPSA) is 82.8 Å². The zero-order valence-electron chi connectivity index (χ0n) is 18.5. The molecule has 0 spiro atoms. The summed E-state index contributed by atoms with van der Waals surface area (Å²) in [5, 5.41) is 7.56. The number of anilines is 1. The molecule has 0 atom stereocenters. The molecule has 1 fully saturated rings. The van der Waals surface area contributed by atoms with E-state index in [4.69, 9.17) is 4.63 Å². The van der Waals surface area contributed by atoms with Crippen LogP contribution in [0.3, 0.4) is 0 Å². The first-order chi connectivity index (χ1) is 16.1. The van der Waals surface area contributed by atoms with E-state index in [1.807, 2.05) is 30.3 Å². The fourth-order valence-electron chi connectivity index (χ4n) is 4.34. The van der Waals surface area contributed by atoms with Crippen LogP contribution in [-0.2, 0) is 6.54 Å². The van der Waals surface area contributed by atoms with Gasteiger partial charge in [0.2, 0.25) is 0 Å². The monoisotopic (exact) mass is 443 g/mol. The molecule has 0 unspecified atom stereocenters. The normalized spacial score (nSPS) is 16.8. The van der Waals surface area contributed by atoms with Crippen LogP contribution >= 0.6 is 0 Å². The predicted octanol–water partition coefficient (Wildman–Crippen LogP) is 3.01. The number of piperazine rings is 1. The van der Waals surface area contributed by atoms with Crippen molar-refractivity contribution in [3.8, 4) is 0 Å². The molecule has 168 valence electrons. The Bertz CT molecular complexity index is 1200. The van der Waals surface area contributed by atoms with Gasteiger partial charge in [-0.2, -0.15) is 0 Å². The zero-order chi connectivity index (χ0) is 22.8. The van der Waals surface area contributed by atoms with E-state index in [1.54, 1.807) is 13.0 Å². The van der Waals surface area contributed by atoms with E-state index in [1.165, 1.54) is 10.5 Å². The van der Waals surface area contributed by atoms with Gasteiger partial charge in [0.25, 0.3) is 11.8 Å². The lowest BCUT2D eigenvalue weighted by Crippen LogP contribution is -2.46. The van der Waals surface area contributed by atoms with Crippen molar-refractivity contribution in [3.63, 3.8) is 0 Å². The molecule has 33 heavy (non-hydrogen) atoms. The summed E-state index contributed by atoms with van der Waals surface area (Å²) in [7, 11) is 0. The number of imide groups is 1.